The van der Waals surface area contributed by atoms with Crippen molar-refractivity contribution in [3.05, 3.63) is 59.8 Å². The fraction of sp³-hybridized carbons (Fsp3) is 0.231. The van der Waals surface area contributed by atoms with Crippen LogP contribution in [-0.4, -0.2) is 64.1 Å². The third kappa shape index (κ3) is 4.29. The van der Waals surface area contributed by atoms with E-state index in [-0.39, 0.29) is 30.4 Å². The number of hydrogen-bond acceptors (Lipinski definition) is 9. The summed E-state index contributed by atoms with van der Waals surface area (Å²) in [5.41, 5.74) is 2.50. The molecule has 0 saturated carbocycles. The average Bonchev–Trinajstić information content (AvgIpc) is 3.62. The highest BCUT2D eigenvalue weighted by atomic mass is 16.5. The standard InChI is InChI=1S/C26H22N6O5/c1-35-19-14-29-25(36-2)21-20(19)18(13-28-21)22(33)26(34)32-10-8-15(9-11-32)17(12-27)24-31-30-23(37-24)16-6-4-3-5-7-16/h3-7,13-14,28H,8-11H2,1-2H3. The highest BCUT2D eigenvalue weighted by Gasteiger charge is 2.30. The van der Waals surface area contributed by atoms with Crippen molar-refractivity contribution in [2.45, 2.75) is 12.8 Å². The molecule has 0 aliphatic carbocycles. The van der Waals surface area contributed by atoms with Crippen LogP contribution in [0, 0.1) is 11.3 Å². The molecule has 1 aromatic carbocycles. The van der Waals surface area contributed by atoms with Gasteiger partial charge in [0.2, 0.25) is 11.8 Å². The lowest BCUT2D eigenvalue weighted by Crippen LogP contribution is -2.40. The van der Waals surface area contributed by atoms with E-state index in [0.717, 1.165) is 11.1 Å². The SMILES string of the molecule is COc1ncc(OC)c2c(C(=O)C(=O)N3CCC(=C(C#N)c4nnc(-c5ccccc5)o4)CC3)c[nH]c12. The number of allylic oxidation sites excluding steroid dienone is 1. The first-order valence-corrected chi connectivity index (χ1v) is 11.5. The highest BCUT2D eigenvalue weighted by molar-refractivity contribution is 6.45. The first-order valence-electron chi connectivity index (χ1n) is 11.5. The first kappa shape index (κ1) is 23.7. The minimum absolute atomic E-state index is 0.139. The number of aromatic nitrogens is 4. The van der Waals surface area contributed by atoms with Crippen LogP contribution in [0.5, 0.6) is 11.6 Å². The molecule has 1 amide bonds. The number of fused-ring (bicyclic) bond motifs is 1. The van der Waals surface area contributed by atoms with Crippen molar-refractivity contribution >= 4 is 28.2 Å². The third-order valence-corrected chi connectivity index (χ3v) is 6.27. The monoisotopic (exact) mass is 498 g/mol. The van der Waals surface area contributed by atoms with Gasteiger partial charge in [-0.25, -0.2) is 4.98 Å². The summed E-state index contributed by atoms with van der Waals surface area (Å²) in [6.07, 6.45) is 3.71. The van der Waals surface area contributed by atoms with Crippen LogP contribution in [0.25, 0.3) is 27.9 Å². The highest BCUT2D eigenvalue weighted by Crippen LogP contribution is 2.34. The van der Waals surface area contributed by atoms with E-state index in [1.807, 2.05) is 30.3 Å². The van der Waals surface area contributed by atoms with E-state index in [2.05, 4.69) is 26.2 Å². The van der Waals surface area contributed by atoms with Crippen molar-refractivity contribution in [2.75, 3.05) is 27.3 Å². The number of carbonyl (C=O) groups excluding carboxylic acids is 2. The van der Waals surface area contributed by atoms with Gasteiger partial charge in [-0.15, -0.1) is 10.2 Å². The van der Waals surface area contributed by atoms with E-state index in [0.29, 0.717) is 41.0 Å². The smallest absolute Gasteiger partial charge is 0.295 e. The second-order valence-electron chi connectivity index (χ2n) is 8.28. The Bertz CT molecular complexity index is 1550. The second kappa shape index (κ2) is 9.94. The van der Waals surface area contributed by atoms with E-state index in [9.17, 15) is 14.9 Å². The number of rotatable bonds is 6. The Hall–Kier alpha value is -4.98. The number of ketones is 1. The largest absolute Gasteiger partial charge is 0.494 e. The molecule has 4 aromatic rings. The van der Waals surface area contributed by atoms with Gasteiger partial charge in [0, 0.05) is 24.8 Å². The molecule has 1 N–H and O–H groups in total. The van der Waals surface area contributed by atoms with Crippen LogP contribution in [0.4, 0.5) is 0 Å². The minimum atomic E-state index is -0.671. The molecule has 11 nitrogen and oxygen atoms in total. The Morgan fingerprint density at radius 2 is 1.86 bits per heavy atom. The molecular formula is C26H22N6O5. The van der Waals surface area contributed by atoms with Crippen LogP contribution in [-0.2, 0) is 4.79 Å². The van der Waals surface area contributed by atoms with E-state index in [1.54, 1.807) is 0 Å². The molecular weight excluding hydrogens is 476 g/mol. The zero-order chi connectivity index (χ0) is 25.9. The fourth-order valence-corrected chi connectivity index (χ4v) is 4.37. The number of carbonyl (C=O) groups is 2. The molecule has 1 aliphatic rings. The molecule has 3 aromatic heterocycles. The van der Waals surface area contributed by atoms with Gasteiger partial charge in [0.25, 0.3) is 17.6 Å². The number of pyridine rings is 1. The summed E-state index contributed by atoms with van der Waals surface area (Å²) in [5, 5.41) is 18.3. The molecule has 0 radical (unpaired) electrons. The van der Waals surface area contributed by atoms with Gasteiger partial charge in [-0.05, 0) is 30.5 Å². The van der Waals surface area contributed by atoms with Crippen molar-refractivity contribution < 1.29 is 23.5 Å². The molecule has 1 fully saturated rings. The number of hydrogen-bond donors (Lipinski definition) is 1. The Kier molecular flexibility index (Phi) is 6.38. The maximum absolute atomic E-state index is 13.2. The van der Waals surface area contributed by atoms with Crippen LogP contribution in [0.15, 0.2) is 52.7 Å². The Labute approximate surface area is 211 Å². The van der Waals surface area contributed by atoms with Crippen LogP contribution < -0.4 is 9.47 Å². The summed E-state index contributed by atoms with van der Waals surface area (Å²) in [7, 11) is 2.93. The molecule has 11 heteroatoms. The quantitative estimate of drug-likeness (QED) is 0.240. The van der Waals surface area contributed by atoms with Crippen LogP contribution in [0.2, 0.25) is 0 Å². The molecule has 186 valence electrons. The predicted molar refractivity (Wildman–Crippen MR) is 132 cm³/mol. The Morgan fingerprint density at radius 1 is 1.11 bits per heavy atom. The Balaban J connectivity index is 1.34. The van der Waals surface area contributed by atoms with Gasteiger partial charge in [-0.3, -0.25) is 9.59 Å². The molecule has 1 saturated heterocycles. The maximum Gasteiger partial charge on any atom is 0.295 e. The van der Waals surface area contributed by atoms with E-state index >= 15 is 0 Å². The number of nitrogens with zero attached hydrogens (tertiary/aromatic N) is 5. The predicted octanol–water partition coefficient (Wildman–Crippen LogP) is 3.41. The summed E-state index contributed by atoms with van der Waals surface area (Å²) >= 11 is 0. The van der Waals surface area contributed by atoms with Gasteiger partial charge >= 0.3 is 0 Å². The summed E-state index contributed by atoms with van der Waals surface area (Å²) in [4.78, 5) is 34.9. The Morgan fingerprint density at radius 3 is 2.54 bits per heavy atom. The van der Waals surface area contributed by atoms with Crippen molar-refractivity contribution in [1.29, 1.82) is 5.26 Å². The molecule has 37 heavy (non-hydrogen) atoms. The minimum Gasteiger partial charge on any atom is -0.494 e. The number of nitrogens with one attached hydrogen (secondary N) is 1. The summed E-state index contributed by atoms with van der Waals surface area (Å²) in [6.45, 7) is 0.546. The molecule has 1 aliphatic heterocycles. The number of ether oxygens (including phenoxy) is 2. The van der Waals surface area contributed by atoms with Crippen LogP contribution >= 0.6 is 0 Å². The number of nitriles is 1. The van der Waals surface area contributed by atoms with E-state index in [4.69, 9.17) is 13.9 Å². The number of likely N-dealkylation sites (tertiary alicyclic amines) is 1. The number of amides is 1. The van der Waals surface area contributed by atoms with Crippen molar-refractivity contribution in [2.24, 2.45) is 0 Å². The zero-order valence-corrected chi connectivity index (χ0v) is 20.1. The molecule has 0 bridgehead atoms. The number of methoxy groups -OCH3 is 2. The lowest BCUT2D eigenvalue weighted by atomic mass is 9.97. The van der Waals surface area contributed by atoms with Gasteiger partial charge < -0.3 is 23.8 Å². The summed E-state index contributed by atoms with van der Waals surface area (Å²) in [5.74, 6) is -0.208. The van der Waals surface area contributed by atoms with Crippen molar-refractivity contribution in [3.8, 4) is 29.2 Å². The van der Waals surface area contributed by atoms with Crippen LogP contribution in [0.3, 0.4) is 0 Å². The zero-order valence-electron chi connectivity index (χ0n) is 20.1. The molecule has 0 atom stereocenters. The number of piperidine rings is 1. The number of Topliss-reactive ketones (excluding diaryl/α,β-unsaturated/α-hetero) is 1. The van der Waals surface area contributed by atoms with Crippen molar-refractivity contribution in [3.63, 3.8) is 0 Å². The molecule has 4 heterocycles. The maximum atomic E-state index is 13.2. The third-order valence-electron chi connectivity index (χ3n) is 6.27. The molecule has 0 unspecified atom stereocenters. The van der Waals surface area contributed by atoms with E-state index in [1.165, 1.54) is 31.5 Å². The van der Waals surface area contributed by atoms with Gasteiger partial charge in [0.1, 0.15) is 22.9 Å². The lowest BCUT2D eigenvalue weighted by Gasteiger charge is -2.28. The fourth-order valence-electron chi connectivity index (χ4n) is 4.37. The average molecular weight is 498 g/mol. The van der Waals surface area contributed by atoms with Gasteiger partial charge in [-0.1, -0.05) is 18.2 Å². The summed E-state index contributed by atoms with van der Waals surface area (Å²) in [6, 6.07) is 11.4. The number of H-pyrrole nitrogens is 1. The lowest BCUT2D eigenvalue weighted by molar-refractivity contribution is -0.126. The topological polar surface area (TPSA) is 147 Å². The van der Waals surface area contributed by atoms with Gasteiger partial charge in [-0.2, -0.15) is 5.26 Å². The van der Waals surface area contributed by atoms with Crippen LogP contribution in [0.1, 0.15) is 29.1 Å². The molecule has 0 spiro atoms. The normalized spacial score (nSPS) is 13.3. The summed E-state index contributed by atoms with van der Waals surface area (Å²) < 4.78 is 16.4. The number of benzene rings is 1. The van der Waals surface area contributed by atoms with E-state index < -0.39 is 11.7 Å². The molecule has 5 rings (SSSR count). The van der Waals surface area contributed by atoms with Gasteiger partial charge in [0.05, 0.1) is 31.4 Å². The second-order valence-corrected chi connectivity index (χ2v) is 8.28. The van der Waals surface area contributed by atoms with Gasteiger partial charge in [0.15, 0.2) is 0 Å². The number of aromatic amines is 1. The van der Waals surface area contributed by atoms with Crippen molar-refractivity contribution in [1.82, 2.24) is 25.1 Å². The first-order chi connectivity index (χ1) is 18.0.